The highest BCUT2D eigenvalue weighted by atomic mass is 35.5. The van der Waals surface area contributed by atoms with Gasteiger partial charge in [0.05, 0.1) is 4.90 Å². The Balaban J connectivity index is 2.91. The van der Waals surface area contributed by atoms with Crippen LogP contribution in [0.1, 0.15) is 6.92 Å². The number of sulfonamides is 1. The first kappa shape index (κ1) is 15.7. The lowest BCUT2D eigenvalue weighted by atomic mass is 10.2. The maximum Gasteiger partial charge on any atom is 0.242 e. The molecule has 1 aromatic carbocycles. The first-order valence-corrected chi connectivity index (χ1v) is 7.30. The van der Waals surface area contributed by atoms with Crippen molar-refractivity contribution in [3.63, 3.8) is 0 Å². The number of hydrogen-bond donors (Lipinski definition) is 2. The van der Waals surface area contributed by atoms with E-state index < -0.39 is 15.9 Å². The van der Waals surface area contributed by atoms with Gasteiger partial charge in [0.1, 0.15) is 5.84 Å². The standard InChI is InChI=1S/C11H16ClN3O3S/c1-8(11(13)14-16)7-15(2)19(17,18)10-5-3-9(12)4-6-10/h3-6,8,16H,7H2,1-2H3,(H2,13,14). The Hall–Kier alpha value is -1.31. The highest BCUT2D eigenvalue weighted by molar-refractivity contribution is 7.89. The van der Waals surface area contributed by atoms with E-state index in [0.717, 1.165) is 4.31 Å². The van der Waals surface area contributed by atoms with Gasteiger partial charge in [0.2, 0.25) is 10.0 Å². The Morgan fingerprint density at radius 1 is 1.47 bits per heavy atom. The van der Waals surface area contributed by atoms with E-state index in [1.54, 1.807) is 6.92 Å². The molecule has 3 N–H and O–H groups in total. The maximum absolute atomic E-state index is 12.2. The summed E-state index contributed by atoms with van der Waals surface area (Å²) >= 11 is 5.72. The molecule has 19 heavy (non-hydrogen) atoms. The van der Waals surface area contributed by atoms with E-state index >= 15 is 0 Å². The van der Waals surface area contributed by atoms with Gasteiger partial charge in [-0.15, -0.1) is 0 Å². The average Bonchev–Trinajstić information content (AvgIpc) is 2.38. The predicted molar refractivity (Wildman–Crippen MR) is 73.8 cm³/mol. The van der Waals surface area contributed by atoms with Crippen LogP contribution in [0.3, 0.4) is 0 Å². The second kappa shape index (κ2) is 6.23. The van der Waals surface area contributed by atoms with Crippen LogP contribution in [0.25, 0.3) is 0 Å². The third kappa shape index (κ3) is 3.82. The van der Waals surface area contributed by atoms with Gasteiger partial charge in [0.15, 0.2) is 0 Å². The average molecular weight is 306 g/mol. The largest absolute Gasteiger partial charge is 0.409 e. The van der Waals surface area contributed by atoms with Gasteiger partial charge in [0.25, 0.3) is 0 Å². The molecule has 0 aromatic heterocycles. The number of benzene rings is 1. The van der Waals surface area contributed by atoms with Gasteiger partial charge in [-0.05, 0) is 24.3 Å². The minimum Gasteiger partial charge on any atom is -0.409 e. The molecule has 0 aliphatic carbocycles. The van der Waals surface area contributed by atoms with Crippen LogP contribution in [-0.2, 0) is 10.0 Å². The maximum atomic E-state index is 12.2. The van der Waals surface area contributed by atoms with Crippen molar-refractivity contribution in [2.45, 2.75) is 11.8 Å². The summed E-state index contributed by atoms with van der Waals surface area (Å²) in [6, 6.07) is 5.88. The predicted octanol–water partition coefficient (Wildman–Crippen LogP) is 1.34. The lowest BCUT2D eigenvalue weighted by Crippen LogP contribution is -2.36. The van der Waals surface area contributed by atoms with Crippen molar-refractivity contribution in [1.82, 2.24) is 4.31 Å². The number of oxime groups is 1. The molecule has 1 rings (SSSR count). The fourth-order valence-corrected chi connectivity index (χ4v) is 2.85. The Labute approximate surface area is 117 Å². The van der Waals surface area contributed by atoms with E-state index in [1.807, 2.05) is 0 Å². The molecule has 0 bridgehead atoms. The normalized spacial score (nSPS) is 14.6. The molecule has 0 spiro atoms. The molecule has 0 heterocycles. The molecule has 0 saturated carbocycles. The van der Waals surface area contributed by atoms with Crippen molar-refractivity contribution >= 4 is 27.5 Å². The molecule has 106 valence electrons. The lowest BCUT2D eigenvalue weighted by Gasteiger charge is -2.20. The fourth-order valence-electron chi connectivity index (χ4n) is 1.46. The van der Waals surface area contributed by atoms with Gasteiger partial charge in [-0.25, -0.2) is 12.7 Å². The Morgan fingerprint density at radius 3 is 2.47 bits per heavy atom. The minimum absolute atomic E-state index is 0.0156. The first-order valence-electron chi connectivity index (χ1n) is 5.48. The van der Waals surface area contributed by atoms with E-state index in [4.69, 9.17) is 22.5 Å². The third-order valence-electron chi connectivity index (χ3n) is 2.67. The molecule has 0 amide bonds. The lowest BCUT2D eigenvalue weighted by molar-refractivity contribution is 0.312. The molecule has 6 nitrogen and oxygen atoms in total. The van der Waals surface area contributed by atoms with Crippen molar-refractivity contribution < 1.29 is 13.6 Å². The molecule has 1 unspecified atom stereocenters. The quantitative estimate of drug-likeness (QED) is 0.371. The zero-order valence-corrected chi connectivity index (χ0v) is 12.2. The monoisotopic (exact) mass is 305 g/mol. The Morgan fingerprint density at radius 2 is 2.00 bits per heavy atom. The molecular weight excluding hydrogens is 290 g/mol. The topological polar surface area (TPSA) is 96.0 Å². The van der Waals surface area contributed by atoms with Gasteiger partial charge < -0.3 is 10.9 Å². The number of nitrogens with two attached hydrogens (primary N) is 1. The SMILES string of the molecule is CC(CN(C)S(=O)(=O)c1ccc(Cl)cc1)/C(N)=N/O. The van der Waals surface area contributed by atoms with Crippen LogP contribution in [0.15, 0.2) is 34.3 Å². The van der Waals surface area contributed by atoms with E-state index in [1.165, 1.54) is 31.3 Å². The Bertz CT molecular complexity index is 557. The summed E-state index contributed by atoms with van der Waals surface area (Å²) in [6.45, 7) is 1.78. The molecule has 1 aromatic rings. The molecule has 0 aliphatic rings. The molecule has 0 radical (unpaired) electrons. The van der Waals surface area contributed by atoms with Crippen molar-refractivity contribution in [2.75, 3.05) is 13.6 Å². The van der Waals surface area contributed by atoms with Crippen LogP contribution < -0.4 is 5.73 Å². The van der Waals surface area contributed by atoms with Gasteiger partial charge in [0, 0.05) is 24.5 Å². The fraction of sp³-hybridized carbons (Fsp3) is 0.364. The van der Waals surface area contributed by atoms with Gasteiger partial charge in [-0.1, -0.05) is 23.7 Å². The zero-order valence-electron chi connectivity index (χ0n) is 10.6. The van der Waals surface area contributed by atoms with Crippen LogP contribution in [0.5, 0.6) is 0 Å². The molecular formula is C11H16ClN3O3S. The molecule has 0 fully saturated rings. The summed E-state index contributed by atoms with van der Waals surface area (Å²) in [6.07, 6.45) is 0. The molecule has 0 aliphatic heterocycles. The molecule has 0 saturated heterocycles. The van der Waals surface area contributed by atoms with Crippen LogP contribution in [0.2, 0.25) is 5.02 Å². The summed E-state index contributed by atoms with van der Waals surface area (Å²) in [5, 5.41) is 11.9. The number of nitrogens with zero attached hydrogens (tertiary/aromatic N) is 2. The summed E-state index contributed by atoms with van der Waals surface area (Å²) in [7, 11) is -2.17. The third-order valence-corrected chi connectivity index (χ3v) is 4.76. The van der Waals surface area contributed by atoms with Crippen molar-refractivity contribution in [1.29, 1.82) is 0 Å². The number of rotatable bonds is 5. The Kier molecular flexibility index (Phi) is 5.16. The van der Waals surface area contributed by atoms with Crippen molar-refractivity contribution in [3.8, 4) is 0 Å². The van der Waals surface area contributed by atoms with E-state index in [9.17, 15) is 8.42 Å². The number of halogens is 1. The second-order valence-electron chi connectivity index (χ2n) is 4.17. The highest BCUT2D eigenvalue weighted by Crippen LogP contribution is 2.18. The zero-order chi connectivity index (χ0) is 14.6. The smallest absolute Gasteiger partial charge is 0.242 e. The van der Waals surface area contributed by atoms with E-state index in [0.29, 0.717) is 5.02 Å². The molecule has 1 atom stereocenters. The minimum atomic E-state index is -3.61. The van der Waals surface area contributed by atoms with Crippen LogP contribution in [0.4, 0.5) is 0 Å². The number of amidine groups is 1. The molecule has 8 heteroatoms. The van der Waals surface area contributed by atoms with Crippen molar-refractivity contribution in [2.24, 2.45) is 16.8 Å². The summed E-state index contributed by atoms with van der Waals surface area (Å²) in [4.78, 5) is 0.145. The number of hydrogen-bond acceptors (Lipinski definition) is 4. The van der Waals surface area contributed by atoms with Gasteiger partial charge in [-0.3, -0.25) is 0 Å². The van der Waals surface area contributed by atoms with Crippen molar-refractivity contribution in [3.05, 3.63) is 29.3 Å². The van der Waals surface area contributed by atoms with E-state index in [-0.39, 0.29) is 17.3 Å². The highest BCUT2D eigenvalue weighted by Gasteiger charge is 2.23. The van der Waals surface area contributed by atoms with Gasteiger partial charge >= 0.3 is 0 Å². The second-order valence-corrected chi connectivity index (χ2v) is 6.65. The summed E-state index contributed by atoms with van der Waals surface area (Å²) < 4.78 is 25.6. The van der Waals surface area contributed by atoms with Crippen LogP contribution in [-0.4, -0.2) is 37.4 Å². The van der Waals surface area contributed by atoms with Gasteiger partial charge in [-0.2, -0.15) is 0 Å². The first-order chi connectivity index (χ1) is 8.78. The van der Waals surface area contributed by atoms with Crippen LogP contribution in [0, 0.1) is 5.92 Å². The van der Waals surface area contributed by atoms with Crippen LogP contribution >= 0.6 is 11.6 Å². The van der Waals surface area contributed by atoms with E-state index in [2.05, 4.69) is 5.16 Å². The summed E-state index contributed by atoms with van der Waals surface area (Å²) in [5.41, 5.74) is 5.43. The summed E-state index contributed by atoms with van der Waals surface area (Å²) in [5.74, 6) is -0.407.